The Morgan fingerprint density at radius 1 is 0.759 bits per heavy atom. The molecule has 0 N–H and O–H groups in total. The van der Waals surface area contributed by atoms with Crippen molar-refractivity contribution in [3.05, 3.63) is 84.4 Å². The second-order valence-electron chi connectivity index (χ2n) is 6.92. The van der Waals surface area contributed by atoms with Crippen LogP contribution in [0.2, 0.25) is 0 Å². The fourth-order valence-electron chi connectivity index (χ4n) is 3.47. The summed E-state index contributed by atoms with van der Waals surface area (Å²) in [5.41, 5.74) is 1.77. The van der Waals surface area contributed by atoms with Gasteiger partial charge in [-0.15, -0.1) is 0 Å². The highest BCUT2D eigenvalue weighted by Gasteiger charge is 2.22. The molecule has 1 aliphatic rings. The summed E-state index contributed by atoms with van der Waals surface area (Å²) in [5, 5.41) is 0. The van der Waals surface area contributed by atoms with Crippen LogP contribution in [-0.2, 0) is 0 Å². The molecule has 1 amide bonds. The molecule has 1 fully saturated rings. The van der Waals surface area contributed by atoms with Crippen molar-refractivity contribution in [2.24, 2.45) is 0 Å². The smallest absolute Gasteiger partial charge is 0.254 e. The second kappa shape index (κ2) is 8.69. The fourth-order valence-corrected chi connectivity index (χ4v) is 3.47. The molecule has 0 aromatic heterocycles. The zero-order valence-electron chi connectivity index (χ0n) is 16.5. The fraction of sp³-hybridized carbons (Fsp3) is 0.208. The summed E-state index contributed by atoms with van der Waals surface area (Å²) in [6, 6.07) is 25.0. The largest absolute Gasteiger partial charge is 0.497 e. The number of carbonyl (C=O) groups excluding carboxylic acids is 1. The van der Waals surface area contributed by atoms with E-state index >= 15 is 0 Å². The lowest BCUT2D eigenvalue weighted by Crippen LogP contribution is -2.48. The van der Waals surface area contributed by atoms with Crippen molar-refractivity contribution < 1.29 is 14.3 Å². The summed E-state index contributed by atoms with van der Waals surface area (Å²) < 4.78 is 11.2. The maximum absolute atomic E-state index is 13.0. The standard InChI is InChI=1S/C24H24N2O3/c1-28-22-11-6-8-20(18-22)25-13-15-26(16-14-25)24(27)19-7-5-12-23(17-19)29-21-9-3-2-4-10-21/h2-12,17-18H,13-16H2,1H3. The number of methoxy groups -OCH3 is 1. The van der Waals surface area contributed by atoms with Crippen molar-refractivity contribution in [2.75, 3.05) is 38.2 Å². The topological polar surface area (TPSA) is 42.0 Å². The summed E-state index contributed by atoms with van der Waals surface area (Å²) >= 11 is 0. The van der Waals surface area contributed by atoms with Gasteiger partial charge in [0.25, 0.3) is 5.91 Å². The van der Waals surface area contributed by atoms with Crippen LogP contribution in [0.5, 0.6) is 17.2 Å². The predicted molar refractivity (Wildman–Crippen MR) is 114 cm³/mol. The number of benzene rings is 3. The summed E-state index contributed by atoms with van der Waals surface area (Å²) in [5.74, 6) is 2.30. The number of para-hydroxylation sites is 1. The average molecular weight is 388 g/mol. The Bertz CT molecular complexity index is 967. The SMILES string of the molecule is COc1cccc(N2CCN(C(=O)c3cccc(Oc4ccccc4)c3)CC2)c1. The van der Waals surface area contributed by atoms with Gasteiger partial charge in [0.15, 0.2) is 0 Å². The molecule has 0 spiro atoms. The Morgan fingerprint density at radius 2 is 1.45 bits per heavy atom. The van der Waals surface area contributed by atoms with E-state index in [4.69, 9.17) is 9.47 Å². The van der Waals surface area contributed by atoms with Crippen LogP contribution in [-0.4, -0.2) is 44.1 Å². The van der Waals surface area contributed by atoms with Gasteiger partial charge in [0, 0.05) is 43.5 Å². The van der Waals surface area contributed by atoms with Crippen LogP contribution >= 0.6 is 0 Å². The molecule has 148 valence electrons. The Kier molecular flexibility index (Phi) is 5.66. The van der Waals surface area contributed by atoms with Gasteiger partial charge in [-0.3, -0.25) is 4.79 Å². The van der Waals surface area contributed by atoms with Crippen LogP contribution in [0.15, 0.2) is 78.9 Å². The van der Waals surface area contributed by atoms with Gasteiger partial charge >= 0.3 is 0 Å². The van der Waals surface area contributed by atoms with E-state index in [-0.39, 0.29) is 5.91 Å². The highest BCUT2D eigenvalue weighted by Crippen LogP contribution is 2.24. The molecule has 0 saturated carbocycles. The summed E-state index contributed by atoms with van der Waals surface area (Å²) in [7, 11) is 1.67. The molecule has 0 bridgehead atoms. The zero-order valence-corrected chi connectivity index (χ0v) is 16.5. The predicted octanol–water partition coefficient (Wildman–Crippen LogP) is 4.45. The van der Waals surface area contributed by atoms with Crippen LogP contribution in [0, 0.1) is 0 Å². The third kappa shape index (κ3) is 4.51. The van der Waals surface area contributed by atoms with Crippen molar-refractivity contribution in [2.45, 2.75) is 0 Å². The maximum atomic E-state index is 13.0. The van der Waals surface area contributed by atoms with Gasteiger partial charge in [-0.2, -0.15) is 0 Å². The molecule has 1 aliphatic heterocycles. The molecule has 1 heterocycles. The molecule has 5 heteroatoms. The van der Waals surface area contributed by atoms with E-state index < -0.39 is 0 Å². The molecule has 3 aromatic rings. The number of hydrogen-bond donors (Lipinski definition) is 0. The number of hydrogen-bond acceptors (Lipinski definition) is 4. The molecule has 29 heavy (non-hydrogen) atoms. The molecular formula is C24H24N2O3. The van der Waals surface area contributed by atoms with Gasteiger partial charge in [-0.25, -0.2) is 0 Å². The van der Waals surface area contributed by atoms with E-state index in [0.29, 0.717) is 24.4 Å². The number of carbonyl (C=O) groups is 1. The summed E-state index contributed by atoms with van der Waals surface area (Å²) in [6.45, 7) is 2.94. The third-order valence-corrected chi connectivity index (χ3v) is 5.05. The van der Waals surface area contributed by atoms with Crippen LogP contribution in [0.1, 0.15) is 10.4 Å². The Balaban J connectivity index is 1.40. The lowest BCUT2D eigenvalue weighted by Gasteiger charge is -2.36. The van der Waals surface area contributed by atoms with E-state index in [1.807, 2.05) is 77.7 Å². The molecular weight excluding hydrogens is 364 g/mol. The van der Waals surface area contributed by atoms with E-state index in [2.05, 4.69) is 11.0 Å². The van der Waals surface area contributed by atoms with E-state index in [9.17, 15) is 4.79 Å². The van der Waals surface area contributed by atoms with E-state index in [0.717, 1.165) is 30.3 Å². The number of amides is 1. The molecule has 0 aliphatic carbocycles. The van der Waals surface area contributed by atoms with Crippen molar-refractivity contribution >= 4 is 11.6 Å². The van der Waals surface area contributed by atoms with E-state index in [1.54, 1.807) is 7.11 Å². The van der Waals surface area contributed by atoms with Crippen molar-refractivity contribution in [1.82, 2.24) is 4.90 Å². The first-order chi connectivity index (χ1) is 14.2. The van der Waals surface area contributed by atoms with Crippen molar-refractivity contribution in [3.63, 3.8) is 0 Å². The number of ether oxygens (including phenoxy) is 2. The lowest BCUT2D eigenvalue weighted by atomic mass is 10.1. The quantitative estimate of drug-likeness (QED) is 0.648. The average Bonchev–Trinajstić information content (AvgIpc) is 2.79. The Morgan fingerprint density at radius 3 is 2.21 bits per heavy atom. The normalized spacial score (nSPS) is 13.8. The minimum absolute atomic E-state index is 0.0359. The van der Waals surface area contributed by atoms with E-state index in [1.165, 1.54) is 0 Å². The molecule has 0 atom stereocenters. The van der Waals surface area contributed by atoms with Crippen LogP contribution in [0.4, 0.5) is 5.69 Å². The Labute approximate surface area is 171 Å². The molecule has 0 radical (unpaired) electrons. The second-order valence-corrected chi connectivity index (χ2v) is 6.92. The molecule has 0 unspecified atom stereocenters. The lowest BCUT2D eigenvalue weighted by molar-refractivity contribution is 0.0746. The minimum Gasteiger partial charge on any atom is -0.497 e. The molecule has 5 nitrogen and oxygen atoms in total. The summed E-state index contributed by atoms with van der Waals surface area (Å²) in [4.78, 5) is 17.2. The number of anilines is 1. The summed E-state index contributed by atoms with van der Waals surface area (Å²) in [6.07, 6.45) is 0. The highest BCUT2D eigenvalue weighted by molar-refractivity contribution is 5.94. The number of rotatable bonds is 5. The zero-order chi connectivity index (χ0) is 20.1. The van der Waals surface area contributed by atoms with Gasteiger partial charge < -0.3 is 19.3 Å². The van der Waals surface area contributed by atoms with Gasteiger partial charge in [-0.05, 0) is 42.5 Å². The number of nitrogens with zero attached hydrogens (tertiary/aromatic N) is 2. The van der Waals surface area contributed by atoms with Gasteiger partial charge in [0.1, 0.15) is 17.2 Å². The maximum Gasteiger partial charge on any atom is 0.254 e. The van der Waals surface area contributed by atoms with Gasteiger partial charge in [0.2, 0.25) is 0 Å². The van der Waals surface area contributed by atoms with Gasteiger partial charge in [0.05, 0.1) is 7.11 Å². The third-order valence-electron chi connectivity index (χ3n) is 5.05. The van der Waals surface area contributed by atoms with Crippen molar-refractivity contribution in [1.29, 1.82) is 0 Å². The van der Waals surface area contributed by atoms with Crippen LogP contribution in [0.25, 0.3) is 0 Å². The first-order valence-electron chi connectivity index (χ1n) is 9.74. The van der Waals surface area contributed by atoms with Crippen LogP contribution in [0.3, 0.4) is 0 Å². The molecule has 4 rings (SSSR count). The molecule has 1 saturated heterocycles. The first kappa shape index (κ1) is 18.9. The highest BCUT2D eigenvalue weighted by atomic mass is 16.5. The minimum atomic E-state index is 0.0359. The van der Waals surface area contributed by atoms with Crippen molar-refractivity contribution in [3.8, 4) is 17.2 Å². The number of piperazine rings is 1. The first-order valence-corrected chi connectivity index (χ1v) is 9.74. The molecule has 3 aromatic carbocycles. The Hall–Kier alpha value is -3.47. The van der Waals surface area contributed by atoms with Gasteiger partial charge in [-0.1, -0.05) is 30.3 Å². The van der Waals surface area contributed by atoms with Crippen LogP contribution < -0.4 is 14.4 Å². The monoisotopic (exact) mass is 388 g/mol.